The van der Waals surface area contributed by atoms with E-state index in [-0.39, 0.29) is 6.42 Å². The number of carbonyl (C=O) groups excluding carboxylic acids is 2. The van der Waals surface area contributed by atoms with E-state index in [4.69, 9.17) is 0 Å². The highest BCUT2D eigenvalue weighted by atomic mass is 16.6. The number of cyclic esters (lactones) is 1. The Morgan fingerprint density at radius 3 is 1.82 bits per heavy atom. The maximum atomic E-state index is 11.7. The van der Waals surface area contributed by atoms with Crippen LogP contribution < -0.4 is 0 Å². The van der Waals surface area contributed by atoms with Gasteiger partial charge in [0.25, 0.3) is 0 Å². The zero-order valence-electron chi connectivity index (χ0n) is 14.6. The molecule has 6 nitrogen and oxygen atoms in total. The van der Waals surface area contributed by atoms with E-state index in [2.05, 4.69) is 87.6 Å². The minimum absolute atomic E-state index is 0.390. The normalized spacial score (nSPS) is 19.0. The predicted molar refractivity (Wildman–Crippen MR) is 97.6 cm³/mol. The molecule has 1 heterocycles. The van der Waals surface area contributed by atoms with E-state index >= 15 is 0 Å². The van der Waals surface area contributed by atoms with Gasteiger partial charge in [0.05, 0.1) is 6.42 Å². The Labute approximate surface area is 162 Å². The summed E-state index contributed by atoms with van der Waals surface area (Å²) >= 11 is 0. The summed E-state index contributed by atoms with van der Waals surface area (Å²) < 4.78 is 4.55. The van der Waals surface area contributed by atoms with Gasteiger partial charge in [-0.1, -0.05) is 11.8 Å². The van der Waals surface area contributed by atoms with E-state index in [9.17, 15) is 24.9 Å². The zero-order valence-corrected chi connectivity index (χ0v) is 14.6. The fourth-order valence-corrected chi connectivity index (χ4v) is 1.68. The van der Waals surface area contributed by atoms with Crippen LogP contribution in [0.5, 0.6) is 0 Å². The highest BCUT2D eigenvalue weighted by Crippen LogP contribution is 2.19. The number of rotatable bonds is 3. The van der Waals surface area contributed by atoms with E-state index < -0.39 is 36.2 Å². The molecule has 1 saturated heterocycles. The summed E-state index contributed by atoms with van der Waals surface area (Å²) in [5.74, 6) is 32.3. The van der Waals surface area contributed by atoms with Gasteiger partial charge in [0.2, 0.25) is 0 Å². The van der Waals surface area contributed by atoms with Crippen molar-refractivity contribution in [3.05, 3.63) is 0 Å². The Morgan fingerprint density at radius 1 is 0.929 bits per heavy atom. The standard InChI is InChI=1S/C22H12O6/c1-2-3-4-5-6-7-8-9-10-11-12-13-14-15-16-17(23)18(24)21-19(25)20(26)22(27)28-21/h18-21,24-26H,16H2,1H3/t18-,19+,20-,21+/m0/s1. The molecule has 0 aromatic rings. The average Bonchev–Trinajstić information content (AvgIpc) is 2.94. The lowest BCUT2D eigenvalue weighted by Gasteiger charge is -2.17. The quantitative estimate of drug-likeness (QED) is 0.391. The summed E-state index contributed by atoms with van der Waals surface area (Å²) in [4.78, 5) is 22.8. The number of hydrogen-bond donors (Lipinski definition) is 3. The first-order chi connectivity index (χ1) is 13.5. The molecule has 0 amide bonds. The van der Waals surface area contributed by atoms with Crippen LogP contribution in [0.3, 0.4) is 0 Å². The SMILES string of the molecule is CC#CC#CC#CC#CC#CC#CC#CCC(=O)[C@H](O)[C@H]1OC(=O)[C@@H](O)[C@H]1O. The maximum absolute atomic E-state index is 11.7. The lowest BCUT2D eigenvalue weighted by molar-refractivity contribution is -0.153. The van der Waals surface area contributed by atoms with Gasteiger partial charge in [-0.05, 0) is 78.0 Å². The van der Waals surface area contributed by atoms with Crippen molar-refractivity contribution in [1.29, 1.82) is 0 Å². The van der Waals surface area contributed by atoms with Crippen molar-refractivity contribution in [3.8, 4) is 82.9 Å². The molecule has 1 rings (SSSR count). The number of carbonyl (C=O) groups is 2. The lowest BCUT2D eigenvalue weighted by Crippen LogP contribution is -2.42. The number of hydrogen-bond acceptors (Lipinski definition) is 6. The van der Waals surface area contributed by atoms with Crippen LogP contribution in [0.4, 0.5) is 0 Å². The van der Waals surface area contributed by atoms with Crippen molar-refractivity contribution in [2.24, 2.45) is 0 Å². The van der Waals surface area contributed by atoms with Gasteiger partial charge in [-0.2, -0.15) is 0 Å². The maximum Gasteiger partial charge on any atom is 0.338 e. The van der Waals surface area contributed by atoms with Crippen LogP contribution in [-0.2, 0) is 14.3 Å². The molecule has 1 fully saturated rings. The Kier molecular flexibility index (Phi) is 9.67. The Morgan fingerprint density at radius 2 is 1.39 bits per heavy atom. The Hall–Kier alpha value is -4.06. The molecule has 28 heavy (non-hydrogen) atoms. The molecule has 0 saturated carbocycles. The summed E-state index contributed by atoms with van der Waals surface area (Å²) in [7, 11) is 0. The third-order valence-corrected chi connectivity index (χ3v) is 2.96. The number of Topliss-reactive ketones (excluding diaryl/α,β-unsaturated/α-hetero) is 1. The van der Waals surface area contributed by atoms with Crippen molar-refractivity contribution in [2.75, 3.05) is 0 Å². The predicted octanol–water partition coefficient (Wildman–Crippen LogP) is -2.00. The second-order valence-electron chi connectivity index (χ2n) is 4.85. The van der Waals surface area contributed by atoms with E-state index in [1.165, 1.54) is 0 Å². The third kappa shape index (κ3) is 7.45. The van der Waals surface area contributed by atoms with Gasteiger partial charge >= 0.3 is 5.97 Å². The van der Waals surface area contributed by atoms with E-state index in [0.29, 0.717) is 0 Å². The van der Waals surface area contributed by atoms with Crippen molar-refractivity contribution < 1.29 is 29.6 Å². The topological polar surface area (TPSA) is 104 Å². The van der Waals surface area contributed by atoms with E-state index in [0.717, 1.165) is 0 Å². The molecule has 0 aromatic heterocycles. The fourth-order valence-electron chi connectivity index (χ4n) is 1.68. The first kappa shape index (κ1) is 22.0. The van der Waals surface area contributed by atoms with Crippen LogP contribution in [0, 0.1) is 82.9 Å². The van der Waals surface area contributed by atoms with Gasteiger partial charge in [-0.3, -0.25) is 4.79 Å². The van der Waals surface area contributed by atoms with Gasteiger partial charge < -0.3 is 20.1 Å². The summed E-state index contributed by atoms with van der Waals surface area (Å²) in [6.07, 6.45) is -7.19. The molecular weight excluding hydrogens is 360 g/mol. The number of ketones is 1. The largest absolute Gasteiger partial charge is 0.454 e. The second kappa shape index (κ2) is 12.3. The molecule has 0 aliphatic carbocycles. The number of ether oxygens (including phenoxy) is 1. The molecule has 4 atom stereocenters. The highest BCUT2D eigenvalue weighted by Gasteiger charge is 2.47. The van der Waals surface area contributed by atoms with Gasteiger partial charge in [0.15, 0.2) is 24.1 Å². The highest BCUT2D eigenvalue weighted by molar-refractivity contribution is 5.87. The zero-order chi connectivity index (χ0) is 20.8. The monoisotopic (exact) mass is 372 g/mol. The number of esters is 1. The Balaban J connectivity index is 2.48. The molecule has 3 N–H and O–H groups in total. The first-order valence-electron chi connectivity index (χ1n) is 7.66. The van der Waals surface area contributed by atoms with Crippen molar-refractivity contribution in [2.45, 2.75) is 37.8 Å². The van der Waals surface area contributed by atoms with Crippen LogP contribution in [-0.4, -0.2) is 51.5 Å². The smallest absolute Gasteiger partial charge is 0.338 e. The van der Waals surface area contributed by atoms with Crippen molar-refractivity contribution in [1.82, 2.24) is 0 Å². The Bertz CT molecular complexity index is 1070. The molecule has 6 heteroatoms. The summed E-state index contributed by atoms with van der Waals surface area (Å²) in [6.45, 7) is 1.66. The minimum Gasteiger partial charge on any atom is -0.454 e. The summed E-state index contributed by atoms with van der Waals surface area (Å²) in [5, 5.41) is 28.5. The minimum atomic E-state index is -1.80. The van der Waals surface area contributed by atoms with Crippen LogP contribution in [0.25, 0.3) is 0 Å². The van der Waals surface area contributed by atoms with Gasteiger partial charge in [-0.25, -0.2) is 4.79 Å². The number of aliphatic hydroxyl groups excluding tert-OH is 3. The average molecular weight is 372 g/mol. The summed E-state index contributed by atoms with van der Waals surface area (Å²) in [5.41, 5.74) is 0. The second-order valence-corrected chi connectivity index (χ2v) is 4.85. The van der Waals surface area contributed by atoms with Gasteiger partial charge in [0.1, 0.15) is 6.10 Å². The lowest BCUT2D eigenvalue weighted by atomic mass is 10.0. The van der Waals surface area contributed by atoms with Gasteiger partial charge in [0, 0.05) is 0 Å². The van der Waals surface area contributed by atoms with E-state index in [1.54, 1.807) is 6.92 Å². The molecule has 1 aliphatic heterocycles. The molecule has 0 unspecified atom stereocenters. The van der Waals surface area contributed by atoms with Crippen LogP contribution in [0.2, 0.25) is 0 Å². The van der Waals surface area contributed by atoms with Crippen LogP contribution in [0.15, 0.2) is 0 Å². The van der Waals surface area contributed by atoms with Crippen molar-refractivity contribution >= 4 is 11.8 Å². The van der Waals surface area contributed by atoms with Gasteiger partial charge in [-0.15, -0.1) is 0 Å². The number of aliphatic hydroxyl groups is 3. The fraction of sp³-hybridized carbons (Fsp3) is 0.273. The molecule has 0 radical (unpaired) electrons. The van der Waals surface area contributed by atoms with Crippen LogP contribution >= 0.6 is 0 Å². The molecule has 0 bridgehead atoms. The van der Waals surface area contributed by atoms with Crippen LogP contribution in [0.1, 0.15) is 13.3 Å². The molecular formula is C22H12O6. The van der Waals surface area contributed by atoms with Crippen molar-refractivity contribution in [3.63, 3.8) is 0 Å². The third-order valence-electron chi connectivity index (χ3n) is 2.96. The molecule has 0 spiro atoms. The first-order valence-corrected chi connectivity index (χ1v) is 7.66. The molecule has 136 valence electrons. The molecule has 1 aliphatic rings. The van der Waals surface area contributed by atoms with E-state index in [1.807, 2.05) is 0 Å². The molecule has 0 aromatic carbocycles. The summed E-state index contributed by atoms with van der Waals surface area (Å²) in [6, 6.07) is 0.